The number of benzene rings is 1. The summed E-state index contributed by atoms with van der Waals surface area (Å²) in [6.07, 6.45) is 6.93. The molecule has 0 aromatic heterocycles. The molecule has 0 heterocycles. The largest absolute Gasteiger partial charge is 0.298 e. The highest BCUT2D eigenvalue weighted by Crippen LogP contribution is 2.09. The molecule has 0 unspecified atom stereocenters. The lowest BCUT2D eigenvalue weighted by molar-refractivity contribution is 0.112. The third kappa shape index (κ3) is 3.06. The zero-order chi connectivity index (χ0) is 11.0. The van der Waals surface area contributed by atoms with Gasteiger partial charge in [0, 0.05) is 11.1 Å². The molecule has 0 amide bonds. The Morgan fingerprint density at radius 3 is 2.50 bits per heavy atom. The molecular weight excluding hydrogens is 172 g/mol. The minimum Gasteiger partial charge on any atom is -0.298 e. The van der Waals surface area contributed by atoms with Gasteiger partial charge in [0.1, 0.15) is 0 Å². The smallest absolute Gasteiger partial charge is 0.151 e. The number of hydrogen-bond acceptors (Lipinski definition) is 1. The number of aryl methyl sites for hydroxylation is 1. The lowest BCUT2D eigenvalue weighted by Gasteiger charge is -1.99. The summed E-state index contributed by atoms with van der Waals surface area (Å²) in [7, 11) is 0. The van der Waals surface area contributed by atoms with Crippen LogP contribution >= 0.6 is 0 Å². The summed E-state index contributed by atoms with van der Waals surface area (Å²) in [6.45, 7) is 6.04. The first-order valence-corrected chi connectivity index (χ1v) is 4.86. The highest BCUT2D eigenvalue weighted by molar-refractivity contribution is 5.79. The highest BCUT2D eigenvalue weighted by Gasteiger charge is 1.98. The third-order valence-corrected chi connectivity index (χ3v) is 1.81. The molecule has 1 rings (SSSR count). The molecule has 0 aliphatic rings. The van der Waals surface area contributed by atoms with Crippen molar-refractivity contribution >= 4 is 6.29 Å². The van der Waals surface area contributed by atoms with Crippen molar-refractivity contribution in [2.45, 2.75) is 27.2 Å². The molecule has 1 aromatic rings. The molecule has 0 atom stereocenters. The molecule has 0 saturated carbocycles. The van der Waals surface area contributed by atoms with Crippen molar-refractivity contribution in [1.29, 1.82) is 0 Å². The van der Waals surface area contributed by atoms with E-state index < -0.39 is 0 Å². The van der Waals surface area contributed by atoms with Gasteiger partial charge in [-0.05, 0) is 24.1 Å². The maximum absolute atomic E-state index is 10.6. The highest BCUT2D eigenvalue weighted by atomic mass is 16.1. The van der Waals surface area contributed by atoms with Gasteiger partial charge in [-0.2, -0.15) is 0 Å². The van der Waals surface area contributed by atoms with Crippen LogP contribution in [0.4, 0.5) is 0 Å². The topological polar surface area (TPSA) is 17.1 Å². The Hall–Kier alpha value is -1.55. The summed E-state index contributed by atoms with van der Waals surface area (Å²) in [5.74, 6) is 2.47. The van der Waals surface area contributed by atoms with Gasteiger partial charge in [-0.25, -0.2) is 0 Å². The Balaban J connectivity index is 0.000000791. The summed E-state index contributed by atoms with van der Waals surface area (Å²) >= 11 is 0. The predicted molar refractivity (Wildman–Crippen MR) is 60.5 cm³/mol. The van der Waals surface area contributed by atoms with Crippen molar-refractivity contribution < 1.29 is 4.79 Å². The molecule has 0 saturated heterocycles. The van der Waals surface area contributed by atoms with Crippen molar-refractivity contribution in [3.05, 3.63) is 34.9 Å². The molecule has 1 heteroatoms. The van der Waals surface area contributed by atoms with Gasteiger partial charge in [-0.1, -0.05) is 32.8 Å². The maximum atomic E-state index is 10.6. The van der Waals surface area contributed by atoms with E-state index in [2.05, 4.69) is 5.92 Å². The second-order valence-corrected chi connectivity index (χ2v) is 2.54. The third-order valence-electron chi connectivity index (χ3n) is 1.81. The van der Waals surface area contributed by atoms with Gasteiger partial charge in [0.25, 0.3) is 0 Å². The van der Waals surface area contributed by atoms with Gasteiger partial charge < -0.3 is 0 Å². The normalized spacial score (nSPS) is 8.14. The van der Waals surface area contributed by atoms with Gasteiger partial charge in [-0.3, -0.25) is 4.79 Å². The van der Waals surface area contributed by atoms with E-state index in [9.17, 15) is 4.79 Å². The zero-order valence-electron chi connectivity index (χ0n) is 9.00. The van der Waals surface area contributed by atoms with Gasteiger partial charge in [0.05, 0.1) is 0 Å². The van der Waals surface area contributed by atoms with Crippen LogP contribution in [-0.2, 0) is 6.42 Å². The Kier molecular flexibility index (Phi) is 6.15. The molecule has 0 bridgehead atoms. The predicted octanol–water partition coefficient (Wildman–Crippen LogP) is 3.07. The lowest BCUT2D eigenvalue weighted by Crippen LogP contribution is -1.89. The molecule has 0 aliphatic heterocycles. The van der Waals surface area contributed by atoms with Crippen molar-refractivity contribution in [3.8, 4) is 12.3 Å². The van der Waals surface area contributed by atoms with Crippen LogP contribution in [-0.4, -0.2) is 6.29 Å². The van der Waals surface area contributed by atoms with Crippen LogP contribution in [0.1, 0.15) is 42.3 Å². The van der Waals surface area contributed by atoms with Crippen molar-refractivity contribution in [1.82, 2.24) is 0 Å². The van der Waals surface area contributed by atoms with Gasteiger partial charge in [-0.15, -0.1) is 6.42 Å². The van der Waals surface area contributed by atoms with Crippen LogP contribution in [0.25, 0.3) is 0 Å². The average molecular weight is 188 g/mol. The van der Waals surface area contributed by atoms with Crippen molar-refractivity contribution in [3.63, 3.8) is 0 Å². The summed E-state index contributed by atoms with van der Waals surface area (Å²) in [6, 6.07) is 5.59. The first-order valence-electron chi connectivity index (χ1n) is 4.86. The molecule has 1 aromatic carbocycles. The number of carbonyl (C=O) groups excluding carboxylic acids is 1. The molecule has 0 radical (unpaired) electrons. The van der Waals surface area contributed by atoms with Gasteiger partial charge in [0.15, 0.2) is 6.29 Å². The second-order valence-electron chi connectivity index (χ2n) is 2.54. The Morgan fingerprint density at radius 1 is 1.43 bits per heavy atom. The van der Waals surface area contributed by atoms with E-state index in [1.54, 1.807) is 0 Å². The fourth-order valence-electron chi connectivity index (χ4n) is 1.06. The van der Waals surface area contributed by atoms with E-state index in [-0.39, 0.29) is 0 Å². The van der Waals surface area contributed by atoms with Gasteiger partial charge in [0.2, 0.25) is 0 Å². The fraction of sp³-hybridized carbons (Fsp3) is 0.308. The van der Waals surface area contributed by atoms with E-state index in [1.165, 1.54) is 0 Å². The standard InChI is InChI=1S/C11H10O.C2H6/c1-3-9-5-6-10(4-2)11(7-9)8-12;1-2/h2,5-8H,3H2,1H3;1-2H3. The summed E-state index contributed by atoms with van der Waals surface area (Å²) in [5.41, 5.74) is 2.41. The van der Waals surface area contributed by atoms with Crippen LogP contribution in [0.3, 0.4) is 0 Å². The van der Waals surface area contributed by atoms with Crippen LogP contribution in [0, 0.1) is 12.3 Å². The minimum absolute atomic E-state index is 0.608. The lowest BCUT2D eigenvalue weighted by atomic mass is 10.0. The Labute approximate surface area is 86.2 Å². The summed E-state index contributed by atoms with van der Waals surface area (Å²) in [4.78, 5) is 10.6. The molecule has 0 N–H and O–H groups in total. The fourth-order valence-corrected chi connectivity index (χ4v) is 1.06. The van der Waals surface area contributed by atoms with E-state index in [0.29, 0.717) is 11.1 Å². The minimum atomic E-state index is 0.608. The van der Waals surface area contributed by atoms with Crippen LogP contribution in [0.2, 0.25) is 0 Å². The summed E-state index contributed by atoms with van der Waals surface area (Å²) in [5, 5.41) is 0. The monoisotopic (exact) mass is 188 g/mol. The van der Waals surface area contributed by atoms with E-state index in [0.717, 1.165) is 18.3 Å². The van der Waals surface area contributed by atoms with E-state index in [4.69, 9.17) is 6.42 Å². The van der Waals surface area contributed by atoms with Crippen molar-refractivity contribution in [2.24, 2.45) is 0 Å². The van der Waals surface area contributed by atoms with E-state index in [1.807, 2.05) is 39.0 Å². The molecule has 14 heavy (non-hydrogen) atoms. The first-order chi connectivity index (χ1) is 6.81. The summed E-state index contributed by atoms with van der Waals surface area (Å²) < 4.78 is 0. The number of carbonyl (C=O) groups is 1. The first kappa shape index (κ1) is 12.4. The Morgan fingerprint density at radius 2 is 2.07 bits per heavy atom. The molecule has 1 nitrogen and oxygen atoms in total. The van der Waals surface area contributed by atoms with Gasteiger partial charge >= 0.3 is 0 Å². The molecule has 0 aliphatic carbocycles. The SMILES string of the molecule is C#Cc1ccc(CC)cc1C=O.CC. The number of rotatable bonds is 2. The average Bonchev–Trinajstić information content (AvgIpc) is 2.30. The quantitative estimate of drug-likeness (QED) is 0.515. The number of hydrogen-bond donors (Lipinski definition) is 0. The number of aldehydes is 1. The Bertz CT molecular complexity index is 332. The van der Waals surface area contributed by atoms with Crippen LogP contribution < -0.4 is 0 Å². The molecular formula is C13H16O. The van der Waals surface area contributed by atoms with Crippen molar-refractivity contribution in [2.75, 3.05) is 0 Å². The zero-order valence-corrected chi connectivity index (χ0v) is 9.00. The molecule has 74 valence electrons. The maximum Gasteiger partial charge on any atom is 0.151 e. The molecule has 0 fully saturated rings. The second kappa shape index (κ2) is 6.91. The number of terminal acetylenes is 1. The van der Waals surface area contributed by atoms with Crippen LogP contribution in [0.15, 0.2) is 18.2 Å². The van der Waals surface area contributed by atoms with E-state index >= 15 is 0 Å². The molecule has 0 spiro atoms. The van der Waals surface area contributed by atoms with Crippen LogP contribution in [0.5, 0.6) is 0 Å².